The van der Waals surface area contributed by atoms with Gasteiger partial charge in [0.15, 0.2) is 0 Å². The van der Waals surface area contributed by atoms with Gasteiger partial charge < -0.3 is 5.32 Å². The molecule has 2 atom stereocenters. The molecule has 1 aliphatic heterocycles. The van der Waals surface area contributed by atoms with Crippen LogP contribution in [0.3, 0.4) is 0 Å². The number of thiophene rings is 1. The van der Waals surface area contributed by atoms with Gasteiger partial charge >= 0.3 is 0 Å². The van der Waals surface area contributed by atoms with Crippen LogP contribution in [-0.4, -0.2) is 30.6 Å². The molecular formula is C12H20N2S. The van der Waals surface area contributed by atoms with E-state index in [1.165, 1.54) is 24.3 Å². The molecule has 0 bridgehead atoms. The molecule has 2 nitrogen and oxygen atoms in total. The van der Waals surface area contributed by atoms with Crippen LogP contribution in [0.5, 0.6) is 0 Å². The molecule has 1 aromatic rings. The predicted molar refractivity (Wildman–Crippen MR) is 66.3 cm³/mol. The topological polar surface area (TPSA) is 15.3 Å². The number of hydrogen-bond acceptors (Lipinski definition) is 3. The average Bonchev–Trinajstić information content (AvgIpc) is 2.74. The molecule has 2 unspecified atom stereocenters. The highest BCUT2D eigenvalue weighted by molar-refractivity contribution is 7.09. The zero-order chi connectivity index (χ0) is 10.7. The van der Waals surface area contributed by atoms with Gasteiger partial charge in [0.1, 0.15) is 0 Å². The molecule has 1 fully saturated rings. The number of nitrogens with one attached hydrogen (secondary N) is 1. The van der Waals surface area contributed by atoms with E-state index in [1.54, 1.807) is 0 Å². The molecule has 1 aliphatic rings. The SMILES string of the molecule is CNC1CCN(Cc2cccs2)C(C)C1. The average molecular weight is 224 g/mol. The summed E-state index contributed by atoms with van der Waals surface area (Å²) in [5.74, 6) is 0. The van der Waals surface area contributed by atoms with Gasteiger partial charge in [-0.25, -0.2) is 0 Å². The predicted octanol–water partition coefficient (Wildman–Crippen LogP) is 2.32. The van der Waals surface area contributed by atoms with Crippen LogP contribution < -0.4 is 5.32 Å². The molecule has 15 heavy (non-hydrogen) atoms. The van der Waals surface area contributed by atoms with Gasteiger partial charge in [-0.05, 0) is 38.3 Å². The monoisotopic (exact) mass is 224 g/mol. The fourth-order valence-corrected chi connectivity index (χ4v) is 3.05. The Hall–Kier alpha value is -0.380. The van der Waals surface area contributed by atoms with Crippen molar-refractivity contribution in [2.45, 2.75) is 38.4 Å². The molecule has 0 radical (unpaired) electrons. The minimum atomic E-state index is 0.707. The van der Waals surface area contributed by atoms with Crippen LogP contribution in [0.2, 0.25) is 0 Å². The van der Waals surface area contributed by atoms with E-state index < -0.39 is 0 Å². The molecule has 1 aromatic heterocycles. The van der Waals surface area contributed by atoms with Crippen molar-refractivity contribution in [3.8, 4) is 0 Å². The Morgan fingerprint density at radius 1 is 1.60 bits per heavy atom. The Kier molecular flexibility index (Phi) is 3.78. The van der Waals surface area contributed by atoms with Gasteiger partial charge in [0.2, 0.25) is 0 Å². The molecule has 1 N–H and O–H groups in total. The van der Waals surface area contributed by atoms with Crippen LogP contribution in [0.25, 0.3) is 0 Å². The van der Waals surface area contributed by atoms with Crippen LogP contribution in [0, 0.1) is 0 Å². The van der Waals surface area contributed by atoms with Crippen LogP contribution in [0.1, 0.15) is 24.6 Å². The Balaban J connectivity index is 1.89. The lowest BCUT2D eigenvalue weighted by Crippen LogP contribution is -2.45. The van der Waals surface area contributed by atoms with Crippen molar-refractivity contribution >= 4 is 11.3 Å². The molecule has 2 heterocycles. The highest BCUT2D eigenvalue weighted by atomic mass is 32.1. The minimum Gasteiger partial charge on any atom is -0.317 e. The van der Waals surface area contributed by atoms with E-state index in [0.29, 0.717) is 6.04 Å². The molecule has 3 heteroatoms. The second kappa shape index (κ2) is 5.10. The van der Waals surface area contributed by atoms with Crippen LogP contribution >= 0.6 is 11.3 Å². The first-order chi connectivity index (χ1) is 7.29. The first-order valence-corrected chi connectivity index (χ1v) is 6.61. The highest BCUT2D eigenvalue weighted by Crippen LogP contribution is 2.21. The maximum Gasteiger partial charge on any atom is 0.0330 e. The summed E-state index contributed by atoms with van der Waals surface area (Å²) in [7, 11) is 2.08. The Labute approximate surface area is 96.3 Å². The van der Waals surface area contributed by atoms with Gasteiger partial charge in [-0.2, -0.15) is 0 Å². The van der Waals surface area contributed by atoms with Gasteiger partial charge in [0.25, 0.3) is 0 Å². The Bertz CT molecular complexity index is 284. The molecule has 0 spiro atoms. The van der Waals surface area contributed by atoms with E-state index >= 15 is 0 Å². The standard InChI is InChI=1S/C12H20N2S/c1-10-8-11(13-2)5-6-14(10)9-12-4-3-7-15-12/h3-4,7,10-11,13H,5-6,8-9H2,1-2H3. The van der Waals surface area contributed by atoms with Crippen molar-refractivity contribution in [3.63, 3.8) is 0 Å². The van der Waals surface area contributed by atoms with Crippen molar-refractivity contribution in [2.75, 3.05) is 13.6 Å². The van der Waals surface area contributed by atoms with Crippen molar-refractivity contribution < 1.29 is 0 Å². The summed E-state index contributed by atoms with van der Waals surface area (Å²) in [6.45, 7) is 4.71. The van der Waals surface area contributed by atoms with Gasteiger partial charge in [-0.1, -0.05) is 6.07 Å². The zero-order valence-electron chi connectivity index (χ0n) is 9.57. The second-order valence-corrected chi connectivity index (χ2v) is 5.44. The summed E-state index contributed by atoms with van der Waals surface area (Å²) in [6.07, 6.45) is 2.56. The highest BCUT2D eigenvalue weighted by Gasteiger charge is 2.24. The van der Waals surface area contributed by atoms with Crippen molar-refractivity contribution in [1.82, 2.24) is 10.2 Å². The summed E-state index contributed by atoms with van der Waals surface area (Å²) in [5.41, 5.74) is 0. The fourth-order valence-electron chi connectivity index (χ4n) is 2.32. The smallest absolute Gasteiger partial charge is 0.0330 e. The minimum absolute atomic E-state index is 0.707. The van der Waals surface area contributed by atoms with Crippen LogP contribution in [-0.2, 0) is 6.54 Å². The van der Waals surface area contributed by atoms with E-state index in [0.717, 1.165) is 12.6 Å². The largest absolute Gasteiger partial charge is 0.317 e. The van der Waals surface area contributed by atoms with E-state index in [9.17, 15) is 0 Å². The van der Waals surface area contributed by atoms with Crippen molar-refractivity contribution in [3.05, 3.63) is 22.4 Å². The molecule has 2 rings (SSSR count). The summed E-state index contributed by atoms with van der Waals surface area (Å²) in [6, 6.07) is 5.81. The molecular weight excluding hydrogens is 204 g/mol. The first kappa shape index (κ1) is 11.1. The Morgan fingerprint density at radius 2 is 2.47 bits per heavy atom. The number of hydrogen-bond donors (Lipinski definition) is 1. The summed E-state index contributed by atoms with van der Waals surface area (Å²) in [5, 5.41) is 5.56. The quantitative estimate of drug-likeness (QED) is 0.847. The van der Waals surface area contributed by atoms with E-state index in [4.69, 9.17) is 0 Å². The number of likely N-dealkylation sites (tertiary alicyclic amines) is 1. The zero-order valence-corrected chi connectivity index (χ0v) is 10.4. The van der Waals surface area contributed by atoms with E-state index in [-0.39, 0.29) is 0 Å². The maximum absolute atomic E-state index is 3.39. The van der Waals surface area contributed by atoms with Gasteiger partial charge in [-0.3, -0.25) is 4.90 Å². The van der Waals surface area contributed by atoms with Gasteiger partial charge in [0, 0.05) is 30.1 Å². The van der Waals surface area contributed by atoms with E-state index in [1.807, 2.05) is 11.3 Å². The molecule has 1 saturated heterocycles. The molecule has 0 amide bonds. The lowest BCUT2D eigenvalue weighted by atomic mass is 9.98. The van der Waals surface area contributed by atoms with Crippen LogP contribution in [0.15, 0.2) is 17.5 Å². The summed E-state index contributed by atoms with van der Waals surface area (Å²) < 4.78 is 0. The van der Waals surface area contributed by atoms with Gasteiger partial charge in [0.05, 0.1) is 0 Å². The summed E-state index contributed by atoms with van der Waals surface area (Å²) in [4.78, 5) is 4.09. The lowest BCUT2D eigenvalue weighted by Gasteiger charge is -2.37. The number of nitrogens with zero attached hydrogens (tertiary/aromatic N) is 1. The molecule has 0 saturated carbocycles. The van der Waals surface area contributed by atoms with Crippen LogP contribution in [0.4, 0.5) is 0 Å². The third kappa shape index (κ3) is 2.80. The van der Waals surface area contributed by atoms with E-state index in [2.05, 4.69) is 41.7 Å². The third-order valence-corrected chi connectivity index (χ3v) is 4.22. The fraction of sp³-hybridized carbons (Fsp3) is 0.667. The van der Waals surface area contributed by atoms with Crippen molar-refractivity contribution in [2.24, 2.45) is 0 Å². The first-order valence-electron chi connectivity index (χ1n) is 5.73. The molecule has 0 aromatic carbocycles. The summed E-state index contributed by atoms with van der Waals surface area (Å²) >= 11 is 1.87. The second-order valence-electron chi connectivity index (χ2n) is 4.41. The third-order valence-electron chi connectivity index (χ3n) is 3.36. The van der Waals surface area contributed by atoms with Gasteiger partial charge in [-0.15, -0.1) is 11.3 Å². The molecule has 84 valence electrons. The Morgan fingerprint density at radius 3 is 3.07 bits per heavy atom. The lowest BCUT2D eigenvalue weighted by molar-refractivity contribution is 0.132. The number of piperidine rings is 1. The maximum atomic E-state index is 3.39. The normalized spacial score (nSPS) is 28.1. The van der Waals surface area contributed by atoms with Crippen molar-refractivity contribution in [1.29, 1.82) is 0 Å². The number of rotatable bonds is 3. The molecule has 0 aliphatic carbocycles.